The molecule has 5 nitrogen and oxygen atoms in total. The molecule has 0 radical (unpaired) electrons. The second-order valence-corrected chi connectivity index (χ2v) is 13.4. The first-order valence-electron chi connectivity index (χ1n) is 17.7. The Kier molecular flexibility index (Phi) is 6.48. The van der Waals surface area contributed by atoms with Crippen molar-refractivity contribution in [2.75, 3.05) is 0 Å². The van der Waals surface area contributed by atoms with Gasteiger partial charge in [0, 0.05) is 44.4 Å². The van der Waals surface area contributed by atoms with Gasteiger partial charge >= 0.3 is 0 Å². The molecule has 0 spiro atoms. The highest BCUT2D eigenvalue weighted by atomic mass is 16.3. The maximum absolute atomic E-state index is 6.25. The number of furan rings is 1. The zero-order valence-electron chi connectivity index (χ0n) is 28.4. The summed E-state index contributed by atoms with van der Waals surface area (Å²) in [5, 5.41) is 10.2. The Morgan fingerprint density at radius 2 is 1.02 bits per heavy atom. The molecule has 53 heavy (non-hydrogen) atoms. The largest absolute Gasteiger partial charge is 0.456 e. The number of pyridine rings is 1. The van der Waals surface area contributed by atoms with Crippen LogP contribution in [0, 0.1) is 0 Å². The smallest absolute Gasteiger partial charge is 0.164 e. The molecule has 0 aliphatic rings. The molecule has 0 fully saturated rings. The van der Waals surface area contributed by atoms with Crippen molar-refractivity contribution in [3.63, 3.8) is 0 Å². The van der Waals surface area contributed by atoms with Gasteiger partial charge in [0.15, 0.2) is 17.5 Å². The fourth-order valence-corrected chi connectivity index (χ4v) is 7.81. The summed E-state index contributed by atoms with van der Waals surface area (Å²) in [6.45, 7) is 0. The summed E-state index contributed by atoms with van der Waals surface area (Å²) < 4.78 is 6.25. The zero-order valence-corrected chi connectivity index (χ0v) is 28.4. The third-order valence-electron chi connectivity index (χ3n) is 10.3. The number of hydrogen-bond acceptors (Lipinski definition) is 5. The van der Waals surface area contributed by atoms with Crippen LogP contribution < -0.4 is 0 Å². The third-order valence-corrected chi connectivity index (χ3v) is 10.3. The molecule has 5 heteroatoms. The Morgan fingerprint density at radius 3 is 1.91 bits per heavy atom. The van der Waals surface area contributed by atoms with Crippen molar-refractivity contribution in [3.8, 4) is 45.3 Å². The van der Waals surface area contributed by atoms with Crippen LogP contribution in [-0.2, 0) is 0 Å². The lowest BCUT2D eigenvalue weighted by atomic mass is 9.92. The van der Waals surface area contributed by atoms with E-state index in [-0.39, 0.29) is 0 Å². The van der Waals surface area contributed by atoms with E-state index in [4.69, 9.17) is 24.4 Å². The van der Waals surface area contributed by atoms with Crippen LogP contribution >= 0.6 is 0 Å². The summed E-state index contributed by atoms with van der Waals surface area (Å²) in [7, 11) is 0. The minimum Gasteiger partial charge on any atom is -0.456 e. The maximum atomic E-state index is 6.25. The summed E-state index contributed by atoms with van der Waals surface area (Å²) >= 11 is 0. The molecule has 0 N–H and O–H groups in total. The molecule has 0 aliphatic carbocycles. The Bertz CT molecular complexity index is 3220. The Hall–Kier alpha value is -7.24. The van der Waals surface area contributed by atoms with E-state index >= 15 is 0 Å². The number of aromatic nitrogens is 4. The molecule has 3 heterocycles. The van der Waals surface area contributed by atoms with Crippen LogP contribution in [0.25, 0.3) is 110 Å². The van der Waals surface area contributed by atoms with Crippen LogP contribution in [0.3, 0.4) is 0 Å². The lowest BCUT2D eigenvalue weighted by Gasteiger charge is -2.13. The van der Waals surface area contributed by atoms with E-state index in [1.165, 1.54) is 26.9 Å². The molecule has 246 valence electrons. The minimum atomic E-state index is 0.597. The van der Waals surface area contributed by atoms with Crippen molar-refractivity contribution in [2.24, 2.45) is 0 Å². The molecule has 0 saturated carbocycles. The Balaban J connectivity index is 1.10. The van der Waals surface area contributed by atoms with Gasteiger partial charge in [-0.25, -0.2) is 15.0 Å². The molecule has 11 rings (SSSR count). The van der Waals surface area contributed by atoms with Crippen molar-refractivity contribution in [3.05, 3.63) is 170 Å². The first-order valence-corrected chi connectivity index (χ1v) is 17.7. The van der Waals surface area contributed by atoms with Gasteiger partial charge in [0.05, 0.1) is 5.52 Å². The first kappa shape index (κ1) is 29.5. The number of nitrogens with zero attached hydrogens (tertiary/aromatic N) is 4. The quantitative estimate of drug-likeness (QED) is 0.174. The average Bonchev–Trinajstić information content (AvgIpc) is 3.62. The summed E-state index contributed by atoms with van der Waals surface area (Å²) in [6.07, 6.45) is 1.88. The molecule has 0 unspecified atom stereocenters. The van der Waals surface area contributed by atoms with Gasteiger partial charge in [0.25, 0.3) is 0 Å². The van der Waals surface area contributed by atoms with Crippen molar-refractivity contribution in [1.29, 1.82) is 0 Å². The molecule has 0 atom stereocenters. The lowest BCUT2D eigenvalue weighted by Crippen LogP contribution is -2.00. The number of benzene rings is 8. The number of para-hydroxylation sites is 1. The fraction of sp³-hybridized carbons (Fsp3) is 0. The van der Waals surface area contributed by atoms with E-state index in [1.807, 2.05) is 42.6 Å². The Morgan fingerprint density at radius 1 is 0.358 bits per heavy atom. The van der Waals surface area contributed by atoms with E-state index in [1.54, 1.807) is 0 Å². The van der Waals surface area contributed by atoms with Crippen LogP contribution in [0.2, 0.25) is 0 Å². The second kappa shape index (κ2) is 11.7. The highest BCUT2D eigenvalue weighted by Crippen LogP contribution is 2.40. The van der Waals surface area contributed by atoms with Crippen molar-refractivity contribution < 1.29 is 4.42 Å². The summed E-state index contributed by atoms with van der Waals surface area (Å²) in [6, 6.07) is 56.8. The van der Waals surface area contributed by atoms with Crippen LogP contribution in [-0.4, -0.2) is 19.9 Å². The molecule has 0 amide bonds. The first-order chi connectivity index (χ1) is 26.2. The predicted octanol–water partition coefficient (Wildman–Crippen LogP) is 12.4. The Labute approximate surface area is 303 Å². The summed E-state index contributed by atoms with van der Waals surface area (Å²) in [4.78, 5) is 20.2. The van der Waals surface area contributed by atoms with E-state index < -0.39 is 0 Å². The van der Waals surface area contributed by atoms with Gasteiger partial charge in [-0.05, 0) is 68.4 Å². The second-order valence-electron chi connectivity index (χ2n) is 13.4. The van der Waals surface area contributed by atoms with Crippen molar-refractivity contribution in [1.82, 2.24) is 19.9 Å². The van der Waals surface area contributed by atoms with Crippen LogP contribution in [0.4, 0.5) is 0 Å². The van der Waals surface area contributed by atoms with Crippen LogP contribution in [0.1, 0.15) is 0 Å². The average molecular weight is 677 g/mol. The highest BCUT2D eigenvalue weighted by Gasteiger charge is 2.19. The van der Waals surface area contributed by atoms with Gasteiger partial charge in [-0.1, -0.05) is 133 Å². The lowest BCUT2D eigenvalue weighted by molar-refractivity contribution is 0.669. The van der Waals surface area contributed by atoms with Gasteiger partial charge in [-0.15, -0.1) is 0 Å². The molecular formula is C48H28N4O. The zero-order chi connectivity index (χ0) is 34.9. The molecule has 3 aromatic heterocycles. The number of hydrogen-bond donors (Lipinski definition) is 0. The normalized spacial score (nSPS) is 11.8. The van der Waals surface area contributed by atoms with E-state index in [0.717, 1.165) is 66.0 Å². The van der Waals surface area contributed by atoms with Gasteiger partial charge < -0.3 is 4.42 Å². The molecule has 8 aromatic carbocycles. The SMILES string of the molecule is c1ccc2cc(-c3nc(-c4ccc(-c5cc6cccnc6c6c5ccc5ccccc56)cc4)nc(-c4cccc5oc6ccccc6c45)n3)ccc2c1. The molecule has 0 bridgehead atoms. The molecular weight excluding hydrogens is 649 g/mol. The van der Waals surface area contributed by atoms with E-state index in [9.17, 15) is 0 Å². The molecule has 0 aliphatic heterocycles. The highest BCUT2D eigenvalue weighted by molar-refractivity contribution is 6.22. The minimum absolute atomic E-state index is 0.597. The van der Waals surface area contributed by atoms with Crippen LogP contribution in [0.5, 0.6) is 0 Å². The maximum Gasteiger partial charge on any atom is 0.164 e. The summed E-state index contributed by atoms with van der Waals surface area (Å²) in [5.41, 5.74) is 7.64. The molecule has 0 saturated heterocycles. The van der Waals surface area contributed by atoms with E-state index in [0.29, 0.717) is 17.5 Å². The van der Waals surface area contributed by atoms with Gasteiger partial charge in [0.2, 0.25) is 0 Å². The number of fused-ring (bicyclic) bond motifs is 9. The third kappa shape index (κ3) is 4.79. The van der Waals surface area contributed by atoms with Gasteiger partial charge in [0.1, 0.15) is 11.2 Å². The predicted molar refractivity (Wildman–Crippen MR) is 217 cm³/mol. The van der Waals surface area contributed by atoms with Crippen molar-refractivity contribution in [2.45, 2.75) is 0 Å². The summed E-state index contributed by atoms with van der Waals surface area (Å²) in [5.74, 6) is 1.82. The van der Waals surface area contributed by atoms with Crippen molar-refractivity contribution >= 4 is 65.2 Å². The topological polar surface area (TPSA) is 64.7 Å². The molecule has 11 aromatic rings. The van der Waals surface area contributed by atoms with Gasteiger partial charge in [-0.2, -0.15) is 0 Å². The van der Waals surface area contributed by atoms with Gasteiger partial charge in [-0.3, -0.25) is 4.98 Å². The van der Waals surface area contributed by atoms with Crippen LogP contribution in [0.15, 0.2) is 174 Å². The standard InChI is InChI=1S/C48H28N4O/c1-2-11-33-27-35(23-18-29(33)9-1)47-50-46(51-48(52-47)39-15-7-17-42-43(39)38-14-5-6-16-41(38)53-42)32-21-19-31(20-22-32)40-28-34-12-8-26-49-45(34)44-36-13-4-3-10-30(36)24-25-37(40)44/h1-28H. The number of rotatable bonds is 4. The fourth-order valence-electron chi connectivity index (χ4n) is 7.81. The van der Waals surface area contributed by atoms with E-state index in [2.05, 4.69) is 127 Å². The monoisotopic (exact) mass is 676 g/mol.